The van der Waals surface area contributed by atoms with Gasteiger partial charge in [0.25, 0.3) is 0 Å². The summed E-state index contributed by atoms with van der Waals surface area (Å²) in [5, 5.41) is 11.3. The monoisotopic (exact) mass is 154 g/mol. The molecule has 0 bridgehead atoms. The van der Waals surface area contributed by atoms with Gasteiger partial charge in [0.2, 0.25) is 6.41 Å². The number of ether oxygens (including phenoxy) is 1. The van der Waals surface area contributed by atoms with E-state index in [1.165, 1.54) is 0 Å². The summed E-state index contributed by atoms with van der Waals surface area (Å²) in [6.45, 7) is 1.10. The first-order valence-corrected chi connectivity index (χ1v) is 3.53. The molecule has 11 heavy (non-hydrogen) atoms. The maximum absolute atomic E-state index is 10.1. The first-order chi connectivity index (χ1) is 5.33. The molecule has 1 amide bonds. The van der Waals surface area contributed by atoms with Crippen molar-refractivity contribution in [3.8, 4) is 6.07 Å². The molecule has 0 aliphatic carbocycles. The summed E-state index contributed by atoms with van der Waals surface area (Å²) in [6, 6.07) is 2.10. The Morgan fingerprint density at radius 1 is 1.55 bits per heavy atom. The van der Waals surface area contributed by atoms with Crippen molar-refractivity contribution in [2.24, 2.45) is 0 Å². The molecule has 4 heteroatoms. The number of carbonyl (C=O) groups excluding carboxylic acids is 1. The molecule has 0 aromatic heterocycles. The van der Waals surface area contributed by atoms with Crippen LogP contribution in [0, 0.1) is 11.3 Å². The third kappa shape index (κ3) is 1.69. The van der Waals surface area contributed by atoms with Crippen LogP contribution in [0.1, 0.15) is 12.8 Å². The molecule has 0 unspecified atom stereocenters. The fraction of sp³-hybridized carbons (Fsp3) is 0.714. The first kappa shape index (κ1) is 8.02. The smallest absolute Gasteiger partial charge is 0.208 e. The highest BCUT2D eigenvalue weighted by Crippen LogP contribution is 2.18. The third-order valence-corrected chi connectivity index (χ3v) is 1.90. The van der Waals surface area contributed by atoms with E-state index in [4.69, 9.17) is 10.00 Å². The van der Waals surface area contributed by atoms with Crippen molar-refractivity contribution in [2.45, 2.75) is 18.4 Å². The van der Waals surface area contributed by atoms with Gasteiger partial charge in [-0.05, 0) is 0 Å². The van der Waals surface area contributed by atoms with Crippen LogP contribution < -0.4 is 5.32 Å². The molecule has 0 spiro atoms. The minimum Gasteiger partial charge on any atom is -0.381 e. The number of nitriles is 1. The summed E-state index contributed by atoms with van der Waals surface area (Å²) in [7, 11) is 0. The van der Waals surface area contributed by atoms with Gasteiger partial charge >= 0.3 is 0 Å². The molecule has 0 aromatic rings. The molecule has 60 valence electrons. The molecule has 1 fully saturated rings. The summed E-state index contributed by atoms with van der Waals surface area (Å²) < 4.78 is 5.07. The highest BCUT2D eigenvalue weighted by atomic mass is 16.5. The lowest BCUT2D eigenvalue weighted by atomic mass is 9.92. The molecule has 0 atom stereocenters. The van der Waals surface area contributed by atoms with Crippen LogP contribution in [0.2, 0.25) is 0 Å². The number of hydrogen-bond acceptors (Lipinski definition) is 3. The van der Waals surface area contributed by atoms with Crippen LogP contribution in [0.5, 0.6) is 0 Å². The SMILES string of the molecule is N#CC1(NC=O)CCOCC1. The average Bonchev–Trinajstić information content (AvgIpc) is 2.07. The van der Waals surface area contributed by atoms with Gasteiger partial charge in [0.1, 0.15) is 5.54 Å². The average molecular weight is 154 g/mol. The van der Waals surface area contributed by atoms with Crippen molar-refractivity contribution < 1.29 is 9.53 Å². The molecule has 0 aromatic carbocycles. The lowest BCUT2D eigenvalue weighted by molar-refractivity contribution is -0.111. The van der Waals surface area contributed by atoms with Crippen LogP contribution in [0.15, 0.2) is 0 Å². The first-order valence-electron chi connectivity index (χ1n) is 3.53. The van der Waals surface area contributed by atoms with Gasteiger partial charge in [-0.2, -0.15) is 5.26 Å². The topological polar surface area (TPSA) is 62.1 Å². The van der Waals surface area contributed by atoms with E-state index < -0.39 is 5.54 Å². The Hall–Kier alpha value is -1.08. The molecule has 1 aliphatic heterocycles. The maximum atomic E-state index is 10.1. The molecule has 1 rings (SSSR count). The lowest BCUT2D eigenvalue weighted by Crippen LogP contribution is -2.47. The molecule has 0 radical (unpaired) electrons. The molecule has 0 saturated carbocycles. The maximum Gasteiger partial charge on any atom is 0.208 e. The van der Waals surface area contributed by atoms with Crippen LogP contribution in [0.4, 0.5) is 0 Å². The van der Waals surface area contributed by atoms with E-state index in [0.29, 0.717) is 32.5 Å². The molecule has 1 N–H and O–H groups in total. The molecule has 1 heterocycles. The van der Waals surface area contributed by atoms with Gasteiger partial charge < -0.3 is 10.1 Å². The van der Waals surface area contributed by atoms with E-state index in [9.17, 15) is 4.79 Å². The predicted octanol–water partition coefficient (Wildman–Crippen LogP) is -0.195. The van der Waals surface area contributed by atoms with Gasteiger partial charge in [-0.3, -0.25) is 4.79 Å². The van der Waals surface area contributed by atoms with Crippen molar-refractivity contribution in [3.05, 3.63) is 0 Å². The largest absolute Gasteiger partial charge is 0.381 e. The minimum atomic E-state index is -0.667. The predicted molar refractivity (Wildman–Crippen MR) is 37.6 cm³/mol. The highest BCUT2D eigenvalue weighted by molar-refractivity contribution is 5.49. The molecular weight excluding hydrogens is 144 g/mol. The van der Waals surface area contributed by atoms with Gasteiger partial charge in [0.05, 0.1) is 6.07 Å². The Kier molecular flexibility index (Phi) is 2.44. The summed E-state index contributed by atoms with van der Waals surface area (Å²) in [4.78, 5) is 10.1. The summed E-state index contributed by atoms with van der Waals surface area (Å²) in [5.74, 6) is 0. The van der Waals surface area contributed by atoms with Gasteiger partial charge in [-0.25, -0.2) is 0 Å². The summed E-state index contributed by atoms with van der Waals surface area (Å²) >= 11 is 0. The number of amides is 1. The van der Waals surface area contributed by atoms with E-state index in [1.54, 1.807) is 0 Å². The number of nitrogens with zero attached hydrogens (tertiary/aromatic N) is 1. The number of nitrogens with one attached hydrogen (secondary N) is 1. The Morgan fingerprint density at radius 3 is 2.64 bits per heavy atom. The van der Waals surface area contributed by atoms with E-state index in [2.05, 4.69) is 11.4 Å². The van der Waals surface area contributed by atoms with E-state index >= 15 is 0 Å². The zero-order chi connectivity index (χ0) is 8.16. The van der Waals surface area contributed by atoms with Crippen molar-refractivity contribution in [2.75, 3.05) is 13.2 Å². The van der Waals surface area contributed by atoms with Crippen LogP contribution in [-0.2, 0) is 9.53 Å². The third-order valence-electron chi connectivity index (χ3n) is 1.90. The van der Waals surface area contributed by atoms with Gasteiger partial charge in [-0.15, -0.1) is 0 Å². The van der Waals surface area contributed by atoms with Crippen molar-refractivity contribution in [1.82, 2.24) is 5.32 Å². The van der Waals surface area contributed by atoms with Gasteiger partial charge in [0.15, 0.2) is 0 Å². The second kappa shape index (κ2) is 3.35. The Labute approximate surface area is 65.1 Å². The Balaban J connectivity index is 2.58. The van der Waals surface area contributed by atoms with E-state index in [1.807, 2.05) is 0 Å². The van der Waals surface area contributed by atoms with E-state index in [0.717, 1.165) is 0 Å². The van der Waals surface area contributed by atoms with Gasteiger partial charge in [0, 0.05) is 26.1 Å². The molecular formula is C7H10N2O2. The molecule has 4 nitrogen and oxygen atoms in total. The van der Waals surface area contributed by atoms with Gasteiger partial charge in [-0.1, -0.05) is 0 Å². The summed E-state index contributed by atoms with van der Waals surface area (Å²) in [6.07, 6.45) is 1.75. The lowest BCUT2D eigenvalue weighted by Gasteiger charge is -2.29. The minimum absolute atomic E-state index is 0.550. The number of carbonyl (C=O) groups is 1. The van der Waals surface area contributed by atoms with Crippen LogP contribution in [0.25, 0.3) is 0 Å². The van der Waals surface area contributed by atoms with Crippen LogP contribution in [0.3, 0.4) is 0 Å². The Bertz CT molecular complexity index is 179. The zero-order valence-electron chi connectivity index (χ0n) is 6.17. The molecule has 1 saturated heterocycles. The molecule has 1 aliphatic rings. The standard InChI is InChI=1S/C7H10N2O2/c8-5-7(9-6-10)1-3-11-4-2-7/h6H,1-4H2,(H,9,10). The Morgan fingerprint density at radius 2 is 2.18 bits per heavy atom. The number of rotatable bonds is 2. The highest BCUT2D eigenvalue weighted by Gasteiger charge is 2.31. The van der Waals surface area contributed by atoms with Crippen molar-refractivity contribution >= 4 is 6.41 Å². The number of hydrogen-bond donors (Lipinski definition) is 1. The summed E-state index contributed by atoms with van der Waals surface area (Å²) in [5.41, 5.74) is -0.667. The van der Waals surface area contributed by atoms with Crippen molar-refractivity contribution in [3.63, 3.8) is 0 Å². The van der Waals surface area contributed by atoms with Crippen LogP contribution in [-0.4, -0.2) is 25.2 Å². The second-order valence-corrected chi connectivity index (χ2v) is 2.57. The fourth-order valence-corrected chi connectivity index (χ4v) is 1.12. The second-order valence-electron chi connectivity index (χ2n) is 2.57. The van der Waals surface area contributed by atoms with Crippen LogP contribution >= 0.6 is 0 Å². The zero-order valence-corrected chi connectivity index (χ0v) is 6.17. The fourth-order valence-electron chi connectivity index (χ4n) is 1.12. The van der Waals surface area contributed by atoms with Crippen molar-refractivity contribution in [1.29, 1.82) is 5.26 Å². The van der Waals surface area contributed by atoms with E-state index in [-0.39, 0.29) is 0 Å². The normalized spacial score (nSPS) is 21.7. The quantitative estimate of drug-likeness (QED) is 0.560.